The third-order valence-corrected chi connectivity index (χ3v) is 3.79. The number of halogens is 1. The Bertz CT molecular complexity index is 476. The van der Waals surface area contributed by atoms with Crippen LogP contribution in [0.4, 0.5) is 11.4 Å². The van der Waals surface area contributed by atoms with Crippen LogP contribution in [0.3, 0.4) is 0 Å². The maximum Gasteiger partial charge on any atom is 0.246 e. The highest BCUT2D eigenvalue weighted by Crippen LogP contribution is 2.35. The standard InChI is InChI=1S/C14H20BrN3O/c1-16(2)7-4-8-18-13-9-11(15)5-6-12(13)17(3)10-14(18)19/h5-6,9H,4,7-8,10H2,1-3H3. The lowest BCUT2D eigenvalue weighted by molar-refractivity contribution is -0.117. The normalized spacial score (nSPS) is 15.1. The number of benzene rings is 1. The van der Waals surface area contributed by atoms with Crippen LogP contribution in [0.1, 0.15) is 6.42 Å². The minimum Gasteiger partial charge on any atom is -0.364 e. The molecular formula is C14H20BrN3O. The lowest BCUT2D eigenvalue weighted by Crippen LogP contribution is -2.45. The van der Waals surface area contributed by atoms with Crippen LogP contribution in [0.5, 0.6) is 0 Å². The number of hydrogen-bond donors (Lipinski definition) is 0. The van der Waals surface area contributed by atoms with Gasteiger partial charge in [0.05, 0.1) is 17.9 Å². The first-order chi connectivity index (χ1) is 8.99. The van der Waals surface area contributed by atoms with Crippen molar-refractivity contribution in [2.75, 3.05) is 50.6 Å². The Hall–Kier alpha value is -1.07. The fourth-order valence-corrected chi connectivity index (χ4v) is 2.68. The lowest BCUT2D eigenvalue weighted by Gasteiger charge is -2.35. The lowest BCUT2D eigenvalue weighted by atomic mass is 10.1. The average molecular weight is 326 g/mol. The van der Waals surface area contributed by atoms with E-state index in [4.69, 9.17) is 0 Å². The van der Waals surface area contributed by atoms with Crippen molar-refractivity contribution < 1.29 is 4.79 Å². The number of hydrogen-bond acceptors (Lipinski definition) is 3. The molecule has 1 aromatic carbocycles. The number of anilines is 2. The average Bonchev–Trinajstić information content (AvgIpc) is 2.32. The third-order valence-electron chi connectivity index (χ3n) is 3.30. The van der Waals surface area contributed by atoms with E-state index >= 15 is 0 Å². The van der Waals surface area contributed by atoms with Gasteiger partial charge in [0, 0.05) is 18.1 Å². The highest BCUT2D eigenvalue weighted by atomic mass is 79.9. The molecule has 2 rings (SSSR count). The van der Waals surface area contributed by atoms with Crippen LogP contribution in [-0.4, -0.2) is 51.6 Å². The number of carbonyl (C=O) groups excluding carboxylic acids is 1. The molecule has 0 atom stereocenters. The molecule has 1 heterocycles. The van der Waals surface area contributed by atoms with Crippen molar-refractivity contribution >= 4 is 33.2 Å². The third kappa shape index (κ3) is 3.28. The summed E-state index contributed by atoms with van der Waals surface area (Å²) in [5.74, 6) is 0.173. The quantitative estimate of drug-likeness (QED) is 0.849. The Morgan fingerprint density at radius 2 is 2.05 bits per heavy atom. The molecule has 0 N–H and O–H groups in total. The Morgan fingerprint density at radius 3 is 2.74 bits per heavy atom. The summed E-state index contributed by atoms with van der Waals surface area (Å²) in [6.45, 7) is 2.22. The van der Waals surface area contributed by atoms with Crippen LogP contribution in [0.25, 0.3) is 0 Å². The first kappa shape index (κ1) is 14.3. The van der Waals surface area contributed by atoms with Crippen LogP contribution < -0.4 is 9.80 Å². The van der Waals surface area contributed by atoms with E-state index in [1.807, 2.05) is 29.0 Å². The van der Waals surface area contributed by atoms with Gasteiger partial charge in [0.2, 0.25) is 5.91 Å². The van der Waals surface area contributed by atoms with Gasteiger partial charge in [-0.25, -0.2) is 0 Å². The zero-order valence-electron chi connectivity index (χ0n) is 11.7. The molecule has 1 aromatic rings. The number of likely N-dealkylation sites (N-methyl/N-ethyl adjacent to an activating group) is 1. The van der Waals surface area contributed by atoms with Crippen molar-refractivity contribution in [3.63, 3.8) is 0 Å². The first-order valence-corrected chi connectivity index (χ1v) is 7.24. The molecule has 0 bridgehead atoms. The zero-order chi connectivity index (χ0) is 14.0. The van der Waals surface area contributed by atoms with Gasteiger partial charge in [0.15, 0.2) is 0 Å². The molecule has 0 saturated carbocycles. The summed E-state index contributed by atoms with van der Waals surface area (Å²) < 4.78 is 1.01. The summed E-state index contributed by atoms with van der Waals surface area (Å²) in [6.07, 6.45) is 0.981. The van der Waals surface area contributed by atoms with Crippen LogP contribution in [0, 0.1) is 0 Å². The molecule has 0 saturated heterocycles. The fourth-order valence-electron chi connectivity index (χ4n) is 2.33. The molecule has 1 aliphatic rings. The number of rotatable bonds is 4. The molecule has 5 heteroatoms. The van der Waals surface area contributed by atoms with Crippen molar-refractivity contribution in [2.45, 2.75) is 6.42 Å². The Balaban J connectivity index is 2.21. The van der Waals surface area contributed by atoms with Gasteiger partial charge in [0.1, 0.15) is 0 Å². The monoisotopic (exact) mass is 325 g/mol. The van der Waals surface area contributed by atoms with Gasteiger partial charge >= 0.3 is 0 Å². The van der Waals surface area contributed by atoms with Crippen LogP contribution in [-0.2, 0) is 4.79 Å². The molecule has 0 unspecified atom stereocenters. The summed E-state index contributed by atoms with van der Waals surface area (Å²) in [5.41, 5.74) is 2.12. The Labute approximate surface area is 123 Å². The SMILES string of the molecule is CN(C)CCCN1C(=O)CN(C)c2ccc(Br)cc21. The number of fused-ring (bicyclic) bond motifs is 1. The predicted octanol–water partition coefficient (Wildman–Crippen LogP) is 2.18. The van der Waals surface area contributed by atoms with E-state index in [9.17, 15) is 4.79 Å². The second-order valence-corrected chi connectivity index (χ2v) is 6.11. The van der Waals surface area contributed by atoms with Crippen molar-refractivity contribution in [1.29, 1.82) is 0 Å². The highest BCUT2D eigenvalue weighted by Gasteiger charge is 2.26. The van der Waals surface area contributed by atoms with Crippen molar-refractivity contribution in [3.8, 4) is 0 Å². The van der Waals surface area contributed by atoms with Crippen molar-refractivity contribution in [1.82, 2.24) is 4.90 Å². The highest BCUT2D eigenvalue weighted by molar-refractivity contribution is 9.10. The Kier molecular flexibility index (Phi) is 4.47. The van der Waals surface area contributed by atoms with E-state index in [2.05, 4.69) is 41.0 Å². The molecule has 0 radical (unpaired) electrons. The Morgan fingerprint density at radius 1 is 1.32 bits per heavy atom. The predicted molar refractivity (Wildman–Crippen MR) is 82.9 cm³/mol. The topological polar surface area (TPSA) is 26.8 Å². The molecule has 0 aliphatic carbocycles. The fraction of sp³-hybridized carbons (Fsp3) is 0.500. The van der Waals surface area contributed by atoms with Crippen molar-refractivity contribution in [2.24, 2.45) is 0 Å². The molecule has 4 nitrogen and oxygen atoms in total. The molecule has 19 heavy (non-hydrogen) atoms. The molecule has 0 aromatic heterocycles. The van der Waals surface area contributed by atoms with E-state index < -0.39 is 0 Å². The first-order valence-electron chi connectivity index (χ1n) is 6.45. The van der Waals surface area contributed by atoms with Gasteiger partial charge in [-0.3, -0.25) is 4.79 Å². The number of amides is 1. The van der Waals surface area contributed by atoms with E-state index in [-0.39, 0.29) is 5.91 Å². The molecule has 104 valence electrons. The van der Waals surface area contributed by atoms with E-state index in [0.717, 1.165) is 35.4 Å². The maximum absolute atomic E-state index is 12.2. The summed E-state index contributed by atoms with van der Waals surface area (Å²) in [6, 6.07) is 6.10. The summed E-state index contributed by atoms with van der Waals surface area (Å²) in [7, 11) is 6.06. The minimum atomic E-state index is 0.173. The van der Waals surface area contributed by atoms with Gasteiger partial charge in [0.25, 0.3) is 0 Å². The van der Waals surface area contributed by atoms with Gasteiger partial charge in [-0.15, -0.1) is 0 Å². The molecule has 0 spiro atoms. The van der Waals surface area contributed by atoms with E-state index in [0.29, 0.717) is 6.54 Å². The van der Waals surface area contributed by atoms with Crippen LogP contribution in [0.15, 0.2) is 22.7 Å². The summed E-state index contributed by atoms with van der Waals surface area (Å²) in [4.78, 5) is 18.3. The smallest absolute Gasteiger partial charge is 0.246 e. The van der Waals surface area contributed by atoms with Gasteiger partial charge in [-0.05, 0) is 45.3 Å². The summed E-state index contributed by atoms with van der Waals surface area (Å²) in [5, 5.41) is 0. The van der Waals surface area contributed by atoms with Gasteiger partial charge < -0.3 is 14.7 Å². The molecule has 0 fully saturated rings. The van der Waals surface area contributed by atoms with Crippen LogP contribution in [0.2, 0.25) is 0 Å². The second kappa shape index (κ2) is 5.92. The minimum absolute atomic E-state index is 0.173. The van der Waals surface area contributed by atoms with Crippen molar-refractivity contribution in [3.05, 3.63) is 22.7 Å². The van der Waals surface area contributed by atoms with E-state index in [1.165, 1.54) is 0 Å². The number of carbonyl (C=O) groups is 1. The molecular weight excluding hydrogens is 306 g/mol. The largest absolute Gasteiger partial charge is 0.364 e. The van der Waals surface area contributed by atoms with Crippen LogP contribution >= 0.6 is 15.9 Å². The van der Waals surface area contributed by atoms with Gasteiger partial charge in [-0.1, -0.05) is 15.9 Å². The number of nitrogens with zero attached hydrogens (tertiary/aromatic N) is 3. The van der Waals surface area contributed by atoms with E-state index in [1.54, 1.807) is 0 Å². The molecule has 1 amide bonds. The summed E-state index contributed by atoms with van der Waals surface area (Å²) >= 11 is 3.48. The zero-order valence-corrected chi connectivity index (χ0v) is 13.3. The second-order valence-electron chi connectivity index (χ2n) is 5.19. The molecule has 1 aliphatic heterocycles. The van der Waals surface area contributed by atoms with Gasteiger partial charge in [-0.2, -0.15) is 0 Å². The maximum atomic E-state index is 12.2.